The van der Waals surface area contributed by atoms with Crippen molar-refractivity contribution in [3.8, 4) is 0 Å². The Bertz CT molecular complexity index is 519. The van der Waals surface area contributed by atoms with Crippen molar-refractivity contribution in [3.05, 3.63) is 52.6 Å². The van der Waals surface area contributed by atoms with Crippen LogP contribution in [0, 0.1) is 5.82 Å². The largest absolute Gasteiger partial charge is 0.306 e. The van der Waals surface area contributed by atoms with Gasteiger partial charge < -0.3 is 5.32 Å². The van der Waals surface area contributed by atoms with Gasteiger partial charge in [0.1, 0.15) is 5.82 Å². The van der Waals surface area contributed by atoms with E-state index in [0.29, 0.717) is 17.1 Å². The summed E-state index contributed by atoms with van der Waals surface area (Å²) in [6, 6.07) is 4.44. The summed E-state index contributed by atoms with van der Waals surface area (Å²) >= 11 is 6.11. The van der Waals surface area contributed by atoms with Crippen molar-refractivity contribution in [2.75, 3.05) is 6.54 Å². The van der Waals surface area contributed by atoms with E-state index in [2.05, 4.69) is 10.4 Å². The van der Waals surface area contributed by atoms with E-state index in [-0.39, 0.29) is 11.9 Å². The molecule has 2 rings (SSSR count). The maximum absolute atomic E-state index is 14.0. The second kappa shape index (κ2) is 5.50. The highest BCUT2D eigenvalue weighted by atomic mass is 35.5. The number of aryl methyl sites for hydroxylation is 1. The van der Waals surface area contributed by atoms with Gasteiger partial charge in [0.05, 0.1) is 12.2 Å². The van der Waals surface area contributed by atoms with Crippen LogP contribution in [0.25, 0.3) is 0 Å². The van der Waals surface area contributed by atoms with Crippen LogP contribution >= 0.6 is 11.6 Å². The lowest BCUT2D eigenvalue weighted by Gasteiger charge is -2.18. The average Bonchev–Trinajstić information content (AvgIpc) is 2.74. The fraction of sp³-hybridized carbons (Fsp3) is 0.308. The first kappa shape index (κ1) is 13.1. The Labute approximate surface area is 111 Å². The van der Waals surface area contributed by atoms with Gasteiger partial charge in [-0.3, -0.25) is 4.68 Å². The molecule has 0 saturated carbocycles. The van der Waals surface area contributed by atoms with Gasteiger partial charge in [0, 0.05) is 29.4 Å². The quantitative estimate of drug-likeness (QED) is 0.923. The molecule has 3 nitrogen and oxygen atoms in total. The number of halogens is 2. The predicted octanol–water partition coefficient (Wildman–Crippen LogP) is 2.91. The van der Waals surface area contributed by atoms with E-state index in [1.807, 2.05) is 20.2 Å². The fourth-order valence-electron chi connectivity index (χ4n) is 1.97. The smallest absolute Gasteiger partial charge is 0.129 e. The molecule has 2 aromatic rings. The second-order valence-corrected chi connectivity index (χ2v) is 4.48. The summed E-state index contributed by atoms with van der Waals surface area (Å²) in [4.78, 5) is 0. The van der Waals surface area contributed by atoms with E-state index < -0.39 is 0 Å². The van der Waals surface area contributed by atoms with Crippen LogP contribution in [0.15, 0.2) is 30.6 Å². The Morgan fingerprint density at radius 2 is 2.28 bits per heavy atom. The van der Waals surface area contributed by atoms with Gasteiger partial charge >= 0.3 is 0 Å². The molecule has 0 aliphatic carbocycles. The van der Waals surface area contributed by atoms with Gasteiger partial charge in [-0.15, -0.1) is 0 Å². The highest BCUT2D eigenvalue weighted by molar-refractivity contribution is 6.31. The standard InChI is InChI=1S/C13H15ClFN3/c1-3-16-13(9-7-17-18(2)8-9)12-10(14)5-4-6-11(12)15/h4-8,13,16H,3H2,1-2H3. The molecule has 0 fully saturated rings. The summed E-state index contributed by atoms with van der Waals surface area (Å²) < 4.78 is 15.7. The summed E-state index contributed by atoms with van der Waals surface area (Å²) in [5.41, 5.74) is 1.36. The molecule has 0 aliphatic heterocycles. The van der Waals surface area contributed by atoms with Crippen molar-refractivity contribution in [3.63, 3.8) is 0 Å². The van der Waals surface area contributed by atoms with Crippen LogP contribution < -0.4 is 5.32 Å². The van der Waals surface area contributed by atoms with E-state index in [1.165, 1.54) is 6.07 Å². The number of rotatable bonds is 4. The van der Waals surface area contributed by atoms with Crippen molar-refractivity contribution in [2.24, 2.45) is 7.05 Å². The fourth-order valence-corrected chi connectivity index (χ4v) is 2.24. The third-order valence-electron chi connectivity index (χ3n) is 2.75. The van der Waals surface area contributed by atoms with E-state index in [0.717, 1.165) is 5.56 Å². The van der Waals surface area contributed by atoms with Gasteiger partial charge in [-0.25, -0.2) is 4.39 Å². The zero-order valence-electron chi connectivity index (χ0n) is 10.3. The lowest BCUT2D eigenvalue weighted by molar-refractivity contribution is 0.559. The third-order valence-corrected chi connectivity index (χ3v) is 3.08. The first-order valence-electron chi connectivity index (χ1n) is 5.79. The monoisotopic (exact) mass is 267 g/mol. The predicted molar refractivity (Wildman–Crippen MR) is 70.1 cm³/mol. The normalized spacial score (nSPS) is 12.7. The highest BCUT2D eigenvalue weighted by Crippen LogP contribution is 2.30. The molecule has 1 unspecified atom stereocenters. The second-order valence-electron chi connectivity index (χ2n) is 4.07. The van der Waals surface area contributed by atoms with Crippen LogP contribution in [0.5, 0.6) is 0 Å². The van der Waals surface area contributed by atoms with Gasteiger partial charge in [0.15, 0.2) is 0 Å². The molecule has 1 aromatic heterocycles. The third kappa shape index (κ3) is 2.54. The van der Waals surface area contributed by atoms with Gasteiger partial charge in [0.2, 0.25) is 0 Å². The molecule has 5 heteroatoms. The first-order chi connectivity index (χ1) is 8.63. The molecule has 18 heavy (non-hydrogen) atoms. The minimum Gasteiger partial charge on any atom is -0.306 e. The molecule has 1 aromatic carbocycles. The maximum Gasteiger partial charge on any atom is 0.129 e. The lowest BCUT2D eigenvalue weighted by atomic mass is 10.0. The molecule has 0 radical (unpaired) electrons. The molecular formula is C13H15ClFN3. The van der Waals surface area contributed by atoms with Crippen LogP contribution in [-0.4, -0.2) is 16.3 Å². The zero-order valence-corrected chi connectivity index (χ0v) is 11.1. The molecule has 1 heterocycles. The topological polar surface area (TPSA) is 29.9 Å². The molecule has 96 valence electrons. The molecule has 0 amide bonds. The number of aromatic nitrogens is 2. The maximum atomic E-state index is 14.0. The van der Waals surface area contributed by atoms with Gasteiger partial charge in [0.25, 0.3) is 0 Å². The molecule has 0 saturated heterocycles. The van der Waals surface area contributed by atoms with Gasteiger partial charge in [-0.05, 0) is 18.7 Å². The summed E-state index contributed by atoms with van der Waals surface area (Å²) in [5, 5.41) is 7.77. The summed E-state index contributed by atoms with van der Waals surface area (Å²) in [6.45, 7) is 2.68. The number of benzene rings is 1. The van der Waals surface area contributed by atoms with Crippen LogP contribution in [0.2, 0.25) is 5.02 Å². The minimum atomic E-state index is -0.308. The molecular weight excluding hydrogens is 253 g/mol. The van der Waals surface area contributed by atoms with Gasteiger partial charge in [-0.1, -0.05) is 24.6 Å². The van der Waals surface area contributed by atoms with E-state index in [1.54, 1.807) is 23.0 Å². The van der Waals surface area contributed by atoms with Gasteiger partial charge in [-0.2, -0.15) is 5.10 Å². The first-order valence-corrected chi connectivity index (χ1v) is 6.17. The van der Waals surface area contributed by atoms with Crippen molar-refractivity contribution in [1.29, 1.82) is 0 Å². The Morgan fingerprint density at radius 1 is 1.50 bits per heavy atom. The minimum absolute atomic E-state index is 0.280. The number of hydrogen-bond acceptors (Lipinski definition) is 2. The summed E-state index contributed by atoms with van der Waals surface area (Å²) in [5.74, 6) is -0.308. The molecule has 0 bridgehead atoms. The number of nitrogens with zero attached hydrogens (tertiary/aromatic N) is 2. The summed E-state index contributed by atoms with van der Waals surface area (Å²) in [6.07, 6.45) is 3.58. The van der Waals surface area contributed by atoms with E-state index in [9.17, 15) is 4.39 Å². The lowest BCUT2D eigenvalue weighted by Crippen LogP contribution is -2.23. The Kier molecular flexibility index (Phi) is 3.99. The van der Waals surface area contributed by atoms with E-state index in [4.69, 9.17) is 11.6 Å². The number of nitrogens with one attached hydrogen (secondary N) is 1. The average molecular weight is 268 g/mol. The molecule has 0 aliphatic rings. The molecule has 1 atom stereocenters. The van der Waals surface area contributed by atoms with Crippen LogP contribution in [0.1, 0.15) is 24.1 Å². The van der Waals surface area contributed by atoms with Crippen molar-refractivity contribution in [1.82, 2.24) is 15.1 Å². The van der Waals surface area contributed by atoms with Crippen LogP contribution in [0.4, 0.5) is 4.39 Å². The zero-order chi connectivity index (χ0) is 13.1. The number of hydrogen-bond donors (Lipinski definition) is 1. The highest BCUT2D eigenvalue weighted by Gasteiger charge is 2.21. The van der Waals surface area contributed by atoms with Crippen molar-refractivity contribution in [2.45, 2.75) is 13.0 Å². The van der Waals surface area contributed by atoms with Crippen molar-refractivity contribution >= 4 is 11.6 Å². The Hall–Kier alpha value is -1.39. The van der Waals surface area contributed by atoms with E-state index >= 15 is 0 Å². The SMILES string of the molecule is CCNC(c1cnn(C)c1)c1c(F)cccc1Cl. The van der Waals surface area contributed by atoms with Crippen molar-refractivity contribution < 1.29 is 4.39 Å². The van der Waals surface area contributed by atoms with Crippen LogP contribution in [-0.2, 0) is 7.05 Å². The molecule has 1 N–H and O–H groups in total. The Balaban J connectivity index is 2.47. The summed E-state index contributed by atoms with van der Waals surface area (Å²) in [7, 11) is 1.83. The molecule has 0 spiro atoms. The van der Waals surface area contributed by atoms with Crippen LogP contribution in [0.3, 0.4) is 0 Å². The Morgan fingerprint density at radius 3 is 2.83 bits per heavy atom.